The summed E-state index contributed by atoms with van der Waals surface area (Å²) in [5.74, 6) is 3.97. The highest BCUT2D eigenvalue weighted by molar-refractivity contribution is 4.88. The van der Waals surface area contributed by atoms with Gasteiger partial charge >= 0.3 is 0 Å². The van der Waals surface area contributed by atoms with E-state index in [0.717, 1.165) is 23.7 Å². The van der Waals surface area contributed by atoms with Crippen LogP contribution in [-0.4, -0.2) is 13.1 Å². The van der Waals surface area contributed by atoms with E-state index in [0.29, 0.717) is 0 Å². The van der Waals surface area contributed by atoms with Crippen molar-refractivity contribution in [1.82, 2.24) is 5.32 Å². The summed E-state index contributed by atoms with van der Waals surface area (Å²) in [6, 6.07) is 0. The minimum absolute atomic E-state index is 0.969. The maximum Gasteiger partial charge on any atom is -0.00172 e. The molecule has 64 valence electrons. The highest BCUT2D eigenvalue weighted by atomic mass is 14.9. The Morgan fingerprint density at radius 2 is 1.36 bits per heavy atom. The van der Waals surface area contributed by atoms with Gasteiger partial charge in [0.25, 0.3) is 0 Å². The first-order valence-electron chi connectivity index (χ1n) is 4.98. The molecule has 1 aliphatic carbocycles. The fraction of sp³-hybridized carbons (Fsp3) is 1.00. The molecule has 11 heavy (non-hydrogen) atoms. The molecular weight excluding hydrogens is 134 g/mol. The van der Waals surface area contributed by atoms with Crippen molar-refractivity contribution in [3.8, 4) is 0 Å². The van der Waals surface area contributed by atoms with E-state index in [1.165, 1.54) is 25.9 Å². The Labute approximate surface area is 69.6 Å². The zero-order valence-corrected chi connectivity index (χ0v) is 7.64. The van der Waals surface area contributed by atoms with E-state index >= 15 is 0 Å². The van der Waals surface area contributed by atoms with Crippen LogP contribution in [0.3, 0.4) is 0 Å². The van der Waals surface area contributed by atoms with Crippen LogP contribution in [0.2, 0.25) is 0 Å². The molecule has 4 unspecified atom stereocenters. The molecule has 1 N–H and O–H groups in total. The zero-order chi connectivity index (χ0) is 7.84. The SMILES string of the molecule is CC1CC2CNCC2CC1C. The van der Waals surface area contributed by atoms with Crippen molar-refractivity contribution in [2.24, 2.45) is 23.7 Å². The highest BCUT2D eigenvalue weighted by Crippen LogP contribution is 2.39. The van der Waals surface area contributed by atoms with Gasteiger partial charge in [0.05, 0.1) is 0 Å². The molecule has 0 radical (unpaired) electrons. The summed E-state index contributed by atoms with van der Waals surface area (Å²) >= 11 is 0. The number of hydrogen-bond donors (Lipinski definition) is 1. The van der Waals surface area contributed by atoms with Crippen molar-refractivity contribution in [3.63, 3.8) is 0 Å². The molecule has 1 saturated heterocycles. The van der Waals surface area contributed by atoms with Gasteiger partial charge in [0.15, 0.2) is 0 Å². The standard InChI is InChI=1S/C10H19N/c1-7-3-9-5-11-6-10(9)4-8(7)2/h7-11H,3-6H2,1-2H3. The molecule has 1 aliphatic heterocycles. The van der Waals surface area contributed by atoms with Crippen LogP contribution in [0.25, 0.3) is 0 Å². The molecular formula is C10H19N. The highest BCUT2D eigenvalue weighted by Gasteiger charge is 2.35. The Morgan fingerprint density at radius 3 is 1.82 bits per heavy atom. The molecule has 1 saturated carbocycles. The first kappa shape index (κ1) is 7.60. The summed E-state index contributed by atoms with van der Waals surface area (Å²) in [4.78, 5) is 0. The third-order valence-corrected chi connectivity index (χ3v) is 3.80. The van der Waals surface area contributed by atoms with Crippen molar-refractivity contribution < 1.29 is 0 Å². The second kappa shape index (κ2) is 2.78. The Balaban J connectivity index is 2.00. The van der Waals surface area contributed by atoms with E-state index in [2.05, 4.69) is 19.2 Å². The van der Waals surface area contributed by atoms with E-state index in [1.54, 1.807) is 0 Å². The molecule has 0 bridgehead atoms. The Kier molecular flexibility index (Phi) is 1.92. The summed E-state index contributed by atoms with van der Waals surface area (Å²) in [5.41, 5.74) is 0. The van der Waals surface area contributed by atoms with E-state index < -0.39 is 0 Å². The van der Waals surface area contributed by atoms with Crippen molar-refractivity contribution in [2.75, 3.05) is 13.1 Å². The van der Waals surface area contributed by atoms with Gasteiger partial charge in [-0.15, -0.1) is 0 Å². The lowest BCUT2D eigenvalue weighted by Crippen LogP contribution is -2.27. The van der Waals surface area contributed by atoms with E-state index in [-0.39, 0.29) is 0 Å². The number of rotatable bonds is 0. The maximum absolute atomic E-state index is 3.51. The fourth-order valence-corrected chi connectivity index (χ4v) is 2.76. The van der Waals surface area contributed by atoms with Crippen LogP contribution in [0.15, 0.2) is 0 Å². The van der Waals surface area contributed by atoms with Crippen molar-refractivity contribution in [3.05, 3.63) is 0 Å². The summed E-state index contributed by atoms with van der Waals surface area (Å²) in [6.45, 7) is 7.42. The second-order valence-electron chi connectivity index (χ2n) is 4.60. The van der Waals surface area contributed by atoms with Crippen LogP contribution < -0.4 is 5.32 Å². The van der Waals surface area contributed by atoms with Crippen molar-refractivity contribution >= 4 is 0 Å². The van der Waals surface area contributed by atoms with Gasteiger partial charge in [-0.05, 0) is 49.6 Å². The Hall–Kier alpha value is -0.0400. The minimum Gasteiger partial charge on any atom is -0.316 e. The smallest absolute Gasteiger partial charge is 0.00172 e. The molecule has 4 atom stereocenters. The molecule has 2 fully saturated rings. The van der Waals surface area contributed by atoms with Gasteiger partial charge in [0.1, 0.15) is 0 Å². The monoisotopic (exact) mass is 153 g/mol. The van der Waals surface area contributed by atoms with Crippen LogP contribution in [0, 0.1) is 23.7 Å². The average Bonchev–Trinajstić information content (AvgIpc) is 2.36. The van der Waals surface area contributed by atoms with Crippen LogP contribution in [0.5, 0.6) is 0 Å². The van der Waals surface area contributed by atoms with Gasteiger partial charge < -0.3 is 5.32 Å². The average molecular weight is 153 g/mol. The van der Waals surface area contributed by atoms with Crippen LogP contribution in [-0.2, 0) is 0 Å². The van der Waals surface area contributed by atoms with Gasteiger partial charge in [-0.25, -0.2) is 0 Å². The maximum atomic E-state index is 3.51. The zero-order valence-electron chi connectivity index (χ0n) is 7.64. The molecule has 0 spiro atoms. The van der Waals surface area contributed by atoms with Crippen LogP contribution >= 0.6 is 0 Å². The van der Waals surface area contributed by atoms with Gasteiger partial charge in [0, 0.05) is 0 Å². The lowest BCUT2D eigenvalue weighted by Gasteiger charge is -2.34. The Morgan fingerprint density at radius 1 is 0.909 bits per heavy atom. The molecule has 1 heteroatoms. The van der Waals surface area contributed by atoms with Crippen molar-refractivity contribution in [2.45, 2.75) is 26.7 Å². The Bertz CT molecular complexity index is 128. The summed E-state index contributed by atoms with van der Waals surface area (Å²) in [6.07, 6.45) is 2.94. The van der Waals surface area contributed by atoms with Crippen LogP contribution in [0.1, 0.15) is 26.7 Å². The molecule has 0 aromatic carbocycles. The van der Waals surface area contributed by atoms with Crippen LogP contribution in [0.4, 0.5) is 0 Å². The fourth-order valence-electron chi connectivity index (χ4n) is 2.76. The van der Waals surface area contributed by atoms with E-state index in [9.17, 15) is 0 Å². The van der Waals surface area contributed by atoms with Gasteiger partial charge in [-0.3, -0.25) is 0 Å². The number of fused-ring (bicyclic) bond motifs is 1. The normalized spacial score (nSPS) is 50.7. The molecule has 0 aromatic heterocycles. The lowest BCUT2D eigenvalue weighted by molar-refractivity contribution is 0.170. The largest absolute Gasteiger partial charge is 0.316 e. The third-order valence-electron chi connectivity index (χ3n) is 3.80. The van der Waals surface area contributed by atoms with E-state index in [1.807, 2.05) is 0 Å². The van der Waals surface area contributed by atoms with Crippen molar-refractivity contribution in [1.29, 1.82) is 0 Å². The second-order valence-corrected chi connectivity index (χ2v) is 4.60. The number of hydrogen-bond acceptors (Lipinski definition) is 1. The quantitative estimate of drug-likeness (QED) is 0.560. The number of nitrogens with one attached hydrogen (secondary N) is 1. The van der Waals surface area contributed by atoms with Gasteiger partial charge in [0.2, 0.25) is 0 Å². The summed E-state index contributed by atoms with van der Waals surface area (Å²) in [5, 5.41) is 3.51. The first-order chi connectivity index (χ1) is 5.27. The molecule has 2 aliphatic rings. The lowest BCUT2D eigenvalue weighted by atomic mass is 9.71. The minimum atomic E-state index is 0.969. The molecule has 0 amide bonds. The molecule has 2 rings (SSSR count). The topological polar surface area (TPSA) is 12.0 Å². The molecule has 1 nitrogen and oxygen atoms in total. The van der Waals surface area contributed by atoms with E-state index in [4.69, 9.17) is 0 Å². The third kappa shape index (κ3) is 1.31. The molecule has 1 heterocycles. The molecule has 0 aromatic rings. The predicted octanol–water partition coefficient (Wildman–Crippen LogP) is 1.89. The van der Waals surface area contributed by atoms with Gasteiger partial charge in [-0.1, -0.05) is 13.8 Å². The summed E-state index contributed by atoms with van der Waals surface area (Å²) in [7, 11) is 0. The van der Waals surface area contributed by atoms with Gasteiger partial charge in [-0.2, -0.15) is 0 Å². The first-order valence-corrected chi connectivity index (χ1v) is 4.98. The summed E-state index contributed by atoms with van der Waals surface area (Å²) < 4.78 is 0. The predicted molar refractivity (Wildman–Crippen MR) is 47.4 cm³/mol.